The first kappa shape index (κ1) is 15.8. The molecule has 0 spiro atoms. The topological polar surface area (TPSA) is 49.8 Å². The van der Waals surface area contributed by atoms with Crippen LogP contribution in [0.1, 0.15) is 32.4 Å². The number of carbonyl (C=O) groups is 1. The number of aliphatic hydroxyl groups is 1. The van der Waals surface area contributed by atoms with Crippen molar-refractivity contribution in [2.24, 2.45) is 0 Å². The van der Waals surface area contributed by atoms with Crippen molar-refractivity contribution in [2.45, 2.75) is 32.9 Å². The van der Waals surface area contributed by atoms with Gasteiger partial charge in [0.1, 0.15) is 5.75 Å². The quantitative estimate of drug-likeness (QED) is 0.905. The van der Waals surface area contributed by atoms with Crippen LogP contribution in [0.5, 0.6) is 5.75 Å². The molecule has 0 aliphatic rings. The minimum atomic E-state index is -0.583. The van der Waals surface area contributed by atoms with Crippen LogP contribution < -0.4 is 4.74 Å². The molecule has 0 aromatic heterocycles. The fourth-order valence-corrected chi connectivity index (χ4v) is 1.67. The number of halogens is 1. The summed E-state index contributed by atoms with van der Waals surface area (Å²) in [6, 6.07) is 5.15. The monoisotopic (exact) mass is 285 g/mol. The molecule has 0 saturated carbocycles. The van der Waals surface area contributed by atoms with Gasteiger partial charge in [-0.2, -0.15) is 0 Å². The largest absolute Gasteiger partial charge is 0.482 e. The maximum atomic E-state index is 11.8. The molecule has 1 atom stereocenters. The second kappa shape index (κ2) is 6.78. The molecule has 1 rings (SSSR count). The Morgan fingerprint density at radius 3 is 2.53 bits per heavy atom. The summed E-state index contributed by atoms with van der Waals surface area (Å²) in [7, 11) is 1.73. The van der Waals surface area contributed by atoms with Crippen molar-refractivity contribution < 1.29 is 14.6 Å². The maximum absolute atomic E-state index is 11.8. The highest BCUT2D eigenvalue weighted by Gasteiger charge is 2.13. The molecular weight excluding hydrogens is 266 g/mol. The Hall–Kier alpha value is -1.26. The zero-order chi connectivity index (χ0) is 14.6. The molecule has 1 aromatic rings. The lowest BCUT2D eigenvalue weighted by Gasteiger charge is -2.21. The van der Waals surface area contributed by atoms with Crippen LogP contribution in [0.2, 0.25) is 5.02 Å². The van der Waals surface area contributed by atoms with Crippen LogP contribution in [0, 0.1) is 0 Å². The SMILES string of the molecule is CC(C)N(C)C(=O)COc1ccc([C@H](C)O)cc1Cl. The summed E-state index contributed by atoms with van der Waals surface area (Å²) in [6.45, 7) is 5.47. The Morgan fingerprint density at radius 1 is 1.42 bits per heavy atom. The third-order valence-electron chi connectivity index (χ3n) is 2.96. The van der Waals surface area contributed by atoms with Crippen LogP contribution in [0.3, 0.4) is 0 Å². The molecule has 0 radical (unpaired) electrons. The van der Waals surface area contributed by atoms with E-state index in [2.05, 4.69) is 0 Å². The summed E-state index contributed by atoms with van der Waals surface area (Å²) < 4.78 is 5.40. The van der Waals surface area contributed by atoms with Gasteiger partial charge in [-0.1, -0.05) is 17.7 Å². The fraction of sp³-hybridized carbons (Fsp3) is 0.500. The van der Waals surface area contributed by atoms with Crippen LogP contribution in [-0.4, -0.2) is 35.6 Å². The second-order valence-electron chi connectivity index (χ2n) is 4.75. The van der Waals surface area contributed by atoms with Crippen molar-refractivity contribution >= 4 is 17.5 Å². The van der Waals surface area contributed by atoms with Gasteiger partial charge >= 0.3 is 0 Å². The number of benzene rings is 1. The van der Waals surface area contributed by atoms with E-state index in [-0.39, 0.29) is 18.6 Å². The highest BCUT2D eigenvalue weighted by Crippen LogP contribution is 2.27. The number of nitrogens with zero attached hydrogens (tertiary/aromatic N) is 1. The minimum absolute atomic E-state index is 0.0531. The molecule has 0 heterocycles. The molecule has 1 N–H and O–H groups in total. The van der Waals surface area contributed by atoms with Crippen molar-refractivity contribution in [1.82, 2.24) is 4.90 Å². The van der Waals surface area contributed by atoms with Crippen LogP contribution >= 0.6 is 11.6 Å². The molecule has 0 aliphatic carbocycles. The second-order valence-corrected chi connectivity index (χ2v) is 5.16. The van der Waals surface area contributed by atoms with Gasteiger partial charge in [0.25, 0.3) is 5.91 Å². The molecular formula is C14H20ClNO3. The van der Waals surface area contributed by atoms with Crippen LogP contribution in [0.4, 0.5) is 0 Å². The summed E-state index contributed by atoms with van der Waals surface area (Å²) in [4.78, 5) is 13.4. The minimum Gasteiger partial charge on any atom is -0.482 e. The number of likely N-dealkylation sites (N-methyl/N-ethyl adjacent to an activating group) is 1. The molecule has 0 unspecified atom stereocenters. The highest BCUT2D eigenvalue weighted by molar-refractivity contribution is 6.32. The van der Waals surface area contributed by atoms with Crippen molar-refractivity contribution in [3.8, 4) is 5.75 Å². The molecule has 106 valence electrons. The van der Waals surface area contributed by atoms with E-state index in [1.165, 1.54) is 0 Å². The third-order valence-corrected chi connectivity index (χ3v) is 3.25. The van der Waals surface area contributed by atoms with Gasteiger partial charge in [0.15, 0.2) is 6.61 Å². The van der Waals surface area contributed by atoms with E-state index in [0.29, 0.717) is 16.3 Å². The molecule has 0 aliphatic heterocycles. The van der Waals surface area contributed by atoms with Gasteiger partial charge in [0.2, 0.25) is 0 Å². The summed E-state index contributed by atoms with van der Waals surface area (Å²) >= 11 is 6.04. The van der Waals surface area contributed by atoms with Gasteiger partial charge in [-0.25, -0.2) is 0 Å². The van der Waals surface area contributed by atoms with Crippen molar-refractivity contribution in [1.29, 1.82) is 0 Å². The van der Waals surface area contributed by atoms with E-state index in [9.17, 15) is 9.90 Å². The summed E-state index contributed by atoms with van der Waals surface area (Å²) in [5, 5.41) is 9.82. The average Bonchev–Trinajstić information content (AvgIpc) is 2.35. The first-order valence-electron chi connectivity index (χ1n) is 6.19. The molecule has 19 heavy (non-hydrogen) atoms. The lowest BCUT2D eigenvalue weighted by Crippen LogP contribution is -2.36. The number of carbonyl (C=O) groups excluding carboxylic acids is 1. The molecule has 0 bridgehead atoms. The number of hydrogen-bond acceptors (Lipinski definition) is 3. The molecule has 1 amide bonds. The lowest BCUT2D eigenvalue weighted by atomic mass is 10.1. The number of aliphatic hydroxyl groups excluding tert-OH is 1. The number of ether oxygens (including phenoxy) is 1. The van der Waals surface area contributed by atoms with Crippen LogP contribution in [0.25, 0.3) is 0 Å². The van der Waals surface area contributed by atoms with Crippen molar-refractivity contribution in [3.63, 3.8) is 0 Å². The van der Waals surface area contributed by atoms with E-state index in [1.54, 1.807) is 37.1 Å². The Kier molecular flexibility index (Phi) is 5.63. The fourth-order valence-electron chi connectivity index (χ4n) is 1.42. The van der Waals surface area contributed by atoms with Gasteiger partial charge in [-0.3, -0.25) is 4.79 Å². The number of amides is 1. The highest BCUT2D eigenvalue weighted by atomic mass is 35.5. The zero-order valence-electron chi connectivity index (χ0n) is 11.7. The van der Waals surface area contributed by atoms with Gasteiger partial charge < -0.3 is 14.7 Å². The number of rotatable bonds is 5. The summed E-state index contributed by atoms with van der Waals surface area (Å²) in [5.41, 5.74) is 0.711. The first-order chi connectivity index (χ1) is 8.82. The lowest BCUT2D eigenvalue weighted by molar-refractivity contribution is -0.133. The Balaban J connectivity index is 2.66. The Bertz CT molecular complexity index is 446. The normalized spacial score (nSPS) is 12.4. The number of hydrogen-bond donors (Lipinski definition) is 1. The van der Waals surface area contributed by atoms with E-state index < -0.39 is 6.10 Å². The Morgan fingerprint density at radius 2 is 2.05 bits per heavy atom. The summed E-state index contributed by atoms with van der Waals surface area (Å²) in [6.07, 6.45) is -0.583. The predicted octanol–water partition coefficient (Wildman–Crippen LogP) is 2.64. The smallest absolute Gasteiger partial charge is 0.260 e. The molecule has 0 saturated heterocycles. The van der Waals surface area contributed by atoms with Crippen LogP contribution in [-0.2, 0) is 4.79 Å². The molecule has 0 fully saturated rings. The molecule has 5 heteroatoms. The Labute approximate surface area is 118 Å². The van der Waals surface area contributed by atoms with E-state index in [0.717, 1.165) is 0 Å². The van der Waals surface area contributed by atoms with Crippen molar-refractivity contribution in [3.05, 3.63) is 28.8 Å². The maximum Gasteiger partial charge on any atom is 0.260 e. The van der Waals surface area contributed by atoms with Gasteiger partial charge in [0.05, 0.1) is 11.1 Å². The average molecular weight is 286 g/mol. The zero-order valence-corrected chi connectivity index (χ0v) is 12.4. The predicted molar refractivity (Wildman–Crippen MR) is 75.5 cm³/mol. The van der Waals surface area contributed by atoms with E-state index >= 15 is 0 Å². The third kappa shape index (κ3) is 4.40. The van der Waals surface area contributed by atoms with Gasteiger partial charge in [0, 0.05) is 13.1 Å². The standard InChI is InChI=1S/C14H20ClNO3/c1-9(2)16(4)14(18)8-19-13-6-5-11(10(3)17)7-12(13)15/h5-7,9-10,17H,8H2,1-4H3/t10-/m0/s1. The van der Waals surface area contributed by atoms with Gasteiger partial charge in [-0.15, -0.1) is 0 Å². The van der Waals surface area contributed by atoms with Crippen LogP contribution in [0.15, 0.2) is 18.2 Å². The molecule has 1 aromatic carbocycles. The first-order valence-corrected chi connectivity index (χ1v) is 6.56. The van der Waals surface area contributed by atoms with E-state index in [1.807, 2.05) is 13.8 Å². The summed E-state index contributed by atoms with van der Waals surface area (Å²) in [5.74, 6) is 0.335. The van der Waals surface area contributed by atoms with E-state index in [4.69, 9.17) is 16.3 Å². The van der Waals surface area contributed by atoms with Gasteiger partial charge in [-0.05, 0) is 38.5 Å². The molecule has 4 nitrogen and oxygen atoms in total. The van der Waals surface area contributed by atoms with Crippen molar-refractivity contribution in [2.75, 3.05) is 13.7 Å².